The van der Waals surface area contributed by atoms with E-state index in [4.69, 9.17) is 5.73 Å². The van der Waals surface area contributed by atoms with Crippen molar-refractivity contribution in [1.29, 1.82) is 0 Å². The SMILES string of the molecule is CC(C)(NC(=O)CC1CC2CCC(C1)N2)C(N)=O.Cl. The first-order chi connectivity index (χ1) is 8.37. The van der Waals surface area contributed by atoms with Gasteiger partial charge in [-0.05, 0) is 45.4 Å². The van der Waals surface area contributed by atoms with E-state index < -0.39 is 11.4 Å². The predicted molar refractivity (Wildman–Crippen MR) is 76.0 cm³/mol. The number of fused-ring (bicyclic) bond motifs is 2. The van der Waals surface area contributed by atoms with Crippen molar-refractivity contribution >= 4 is 24.2 Å². The number of hydrogen-bond donors (Lipinski definition) is 3. The van der Waals surface area contributed by atoms with E-state index in [-0.39, 0.29) is 18.3 Å². The zero-order valence-electron chi connectivity index (χ0n) is 11.6. The third-order valence-electron chi connectivity index (χ3n) is 4.11. The number of hydrogen-bond acceptors (Lipinski definition) is 3. The highest BCUT2D eigenvalue weighted by Gasteiger charge is 2.35. The Balaban J connectivity index is 0.00000180. The van der Waals surface area contributed by atoms with Crippen LogP contribution in [0.3, 0.4) is 0 Å². The molecule has 6 heteroatoms. The molecule has 0 aromatic carbocycles. The van der Waals surface area contributed by atoms with Gasteiger partial charge in [-0.2, -0.15) is 0 Å². The van der Waals surface area contributed by atoms with Crippen LogP contribution in [0, 0.1) is 5.92 Å². The van der Waals surface area contributed by atoms with Gasteiger partial charge in [0, 0.05) is 18.5 Å². The Hall–Kier alpha value is -0.810. The molecule has 0 radical (unpaired) electrons. The highest BCUT2D eigenvalue weighted by Crippen LogP contribution is 2.32. The van der Waals surface area contributed by atoms with Crippen molar-refractivity contribution in [2.24, 2.45) is 11.7 Å². The normalized spacial score (nSPS) is 29.5. The van der Waals surface area contributed by atoms with Crippen molar-refractivity contribution in [2.45, 2.75) is 63.6 Å². The number of nitrogens with one attached hydrogen (secondary N) is 2. The Kier molecular flexibility index (Phi) is 5.21. The Labute approximate surface area is 120 Å². The number of primary amides is 1. The van der Waals surface area contributed by atoms with Crippen LogP contribution in [0.25, 0.3) is 0 Å². The van der Waals surface area contributed by atoms with Gasteiger partial charge in [-0.25, -0.2) is 0 Å². The maximum atomic E-state index is 11.9. The molecule has 2 unspecified atom stereocenters. The summed E-state index contributed by atoms with van der Waals surface area (Å²) >= 11 is 0. The minimum absolute atomic E-state index is 0. The standard InChI is InChI=1S/C13H23N3O2.ClH/c1-13(2,12(14)18)16-11(17)7-8-5-9-3-4-10(6-8)15-9;/h8-10,15H,3-7H2,1-2H3,(H2,14,18)(H,16,17);1H. The summed E-state index contributed by atoms with van der Waals surface area (Å²) < 4.78 is 0. The molecule has 2 rings (SSSR count). The number of halogens is 1. The van der Waals surface area contributed by atoms with E-state index >= 15 is 0 Å². The summed E-state index contributed by atoms with van der Waals surface area (Å²) in [5, 5.41) is 6.27. The minimum atomic E-state index is -0.955. The molecular formula is C13H24ClN3O2. The number of carbonyl (C=O) groups is 2. The molecule has 2 aliphatic rings. The van der Waals surface area contributed by atoms with Gasteiger partial charge in [0.1, 0.15) is 5.54 Å². The van der Waals surface area contributed by atoms with E-state index in [1.54, 1.807) is 13.8 Å². The van der Waals surface area contributed by atoms with Gasteiger partial charge < -0.3 is 16.4 Å². The molecule has 2 heterocycles. The van der Waals surface area contributed by atoms with Gasteiger partial charge in [-0.3, -0.25) is 9.59 Å². The zero-order chi connectivity index (χ0) is 13.3. The lowest BCUT2D eigenvalue weighted by atomic mass is 9.89. The summed E-state index contributed by atoms with van der Waals surface area (Å²) in [5.41, 5.74) is 4.29. The van der Waals surface area contributed by atoms with Gasteiger partial charge in [0.15, 0.2) is 0 Å². The van der Waals surface area contributed by atoms with Crippen LogP contribution in [0.4, 0.5) is 0 Å². The smallest absolute Gasteiger partial charge is 0.242 e. The molecule has 4 N–H and O–H groups in total. The van der Waals surface area contributed by atoms with Crippen molar-refractivity contribution in [3.63, 3.8) is 0 Å². The maximum Gasteiger partial charge on any atom is 0.242 e. The molecule has 2 saturated heterocycles. The number of rotatable bonds is 4. The molecule has 0 aromatic rings. The van der Waals surface area contributed by atoms with Crippen LogP contribution in [-0.2, 0) is 9.59 Å². The quantitative estimate of drug-likeness (QED) is 0.713. The second-order valence-electron chi connectivity index (χ2n) is 6.22. The molecule has 2 aliphatic heterocycles. The van der Waals surface area contributed by atoms with Gasteiger partial charge in [-0.15, -0.1) is 12.4 Å². The Bertz CT molecular complexity index is 348. The van der Waals surface area contributed by atoms with E-state index in [2.05, 4.69) is 10.6 Å². The van der Waals surface area contributed by atoms with E-state index in [1.165, 1.54) is 12.8 Å². The van der Waals surface area contributed by atoms with Crippen LogP contribution < -0.4 is 16.4 Å². The van der Waals surface area contributed by atoms with E-state index in [0.717, 1.165) is 12.8 Å². The lowest BCUT2D eigenvalue weighted by Crippen LogP contribution is -2.53. The summed E-state index contributed by atoms with van der Waals surface area (Å²) in [6.45, 7) is 3.28. The number of carbonyl (C=O) groups excluding carboxylic acids is 2. The molecule has 2 amide bonds. The molecule has 5 nitrogen and oxygen atoms in total. The van der Waals surface area contributed by atoms with Gasteiger partial charge in [0.05, 0.1) is 0 Å². The van der Waals surface area contributed by atoms with E-state index in [0.29, 0.717) is 24.4 Å². The lowest BCUT2D eigenvalue weighted by molar-refractivity contribution is -0.131. The average molecular weight is 290 g/mol. The molecular weight excluding hydrogens is 266 g/mol. The predicted octanol–water partition coefficient (Wildman–Crippen LogP) is 0.709. The fraction of sp³-hybridized carbons (Fsp3) is 0.846. The average Bonchev–Trinajstić information content (AvgIpc) is 2.56. The van der Waals surface area contributed by atoms with Gasteiger partial charge in [-0.1, -0.05) is 0 Å². The number of nitrogens with two attached hydrogens (primary N) is 1. The van der Waals surface area contributed by atoms with E-state index in [1.807, 2.05) is 0 Å². The molecule has 110 valence electrons. The van der Waals surface area contributed by atoms with Crippen molar-refractivity contribution in [2.75, 3.05) is 0 Å². The Morgan fingerprint density at radius 1 is 1.26 bits per heavy atom. The van der Waals surface area contributed by atoms with Crippen molar-refractivity contribution in [1.82, 2.24) is 10.6 Å². The molecule has 0 aromatic heterocycles. The second-order valence-corrected chi connectivity index (χ2v) is 6.22. The molecule has 0 aliphatic carbocycles. The van der Waals surface area contributed by atoms with Crippen molar-refractivity contribution in [3.05, 3.63) is 0 Å². The maximum absolute atomic E-state index is 11.9. The highest BCUT2D eigenvalue weighted by atomic mass is 35.5. The van der Waals surface area contributed by atoms with Crippen LogP contribution in [-0.4, -0.2) is 29.4 Å². The minimum Gasteiger partial charge on any atom is -0.368 e. The molecule has 2 bridgehead atoms. The first kappa shape index (κ1) is 16.2. The molecule has 0 spiro atoms. The topological polar surface area (TPSA) is 84.2 Å². The van der Waals surface area contributed by atoms with E-state index in [9.17, 15) is 9.59 Å². The Morgan fingerprint density at radius 3 is 2.26 bits per heavy atom. The van der Waals surface area contributed by atoms with Gasteiger partial charge >= 0.3 is 0 Å². The van der Waals surface area contributed by atoms with Crippen LogP contribution in [0.5, 0.6) is 0 Å². The lowest BCUT2D eigenvalue weighted by Gasteiger charge is -2.30. The molecule has 2 atom stereocenters. The highest BCUT2D eigenvalue weighted by molar-refractivity contribution is 5.89. The Morgan fingerprint density at radius 2 is 1.79 bits per heavy atom. The molecule has 19 heavy (non-hydrogen) atoms. The summed E-state index contributed by atoms with van der Waals surface area (Å²) in [6.07, 6.45) is 5.11. The van der Waals surface area contributed by atoms with Gasteiger partial charge in [0.2, 0.25) is 11.8 Å². The van der Waals surface area contributed by atoms with Gasteiger partial charge in [0.25, 0.3) is 0 Å². The summed E-state index contributed by atoms with van der Waals surface area (Å²) in [7, 11) is 0. The second kappa shape index (κ2) is 6.09. The monoisotopic (exact) mass is 289 g/mol. The third-order valence-corrected chi connectivity index (χ3v) is 4.11. The van der Waals surface area contributed by atoms with Crippen molar-refractivity contribution in [3.8, 4) is 0 Å². The zero-order valence-corrected chi connectivity index (χ0v) is 12.4. The van der Waals surface area contributed by atoms with Crippen LogP contribution in [0.15, 0.2) is 0 Å². The summed E-state index contributed by atoms with van der Waals surface area (Å²) in [4.78, 5) is 23.1. The van der Waals surface area contributed by atoms with Crippen LogP contribution in [0.1, 0.15) is 46.0 Å². The summed E-state index contributed by atoms with van der Waals surface area (Å²) in [6, 6.07) is 1.18. The first-order valence-electron chi connectivity index (χ1n) is 6.74. The van der Waals surface area contributed by atoms with Crippen molar-refractivity contribution < 1.29 is 9.59 Å². The van der Waals surface area contributed by atoms with Crippen LogP contribution in [0.2, 0.25) is 0 Å². The number of amides is 2. The third kappa shape index (κ3) is 4.08. The number of piperidine rings is 1. The summed E-state index contributed by atoms with van der Waals surface area (Å²) in [5.74, 6) is -0.126. The molecule has 2 fully saturated rings. The van der Waals surface area contributed by atoms with Crippen LogP contribution >= 0.6 is 12.4 Å². The first-order valence-corrected chi connectivity index (χ1v) is 6.74. The fourth-order valence-corrected chi connectivity index (χ4v) is 3.07. The fourth-order valence-electron chi connectivity index (χ4n) is 3.07. The molecule has 0 saturated carbocycles. The largest absolute Gasteiger partial charge is 0.368 e.